The number of piperidine rings is 1. The van der Waals surface area contributed by atoms with Crippen LogP contribution in [0.5, 0.6) is 0 Å². The van der Waals surface area contributed by atoms with Crippen molar-refractivity contribution in [2.45, 2.75) is 38.1 Å². The highest BCUT2D eigenvalue weighted by molar-refractivity contribution is 5.83. The normalized spacial score (nSPS) is 19.2. The lowest BCUT2D eigenvalue weighted by molar-refractivity contribution is 0.320. The summed E-state index contributed by atoms with van der Waals surface area (Å²) in [7, 11) is 0. The van der Waals surface area contributed by atoms with Crippen LogP contribution in [0.25, 0.3) is 22.3 Å². The standard InChI is InChI=1S/C18H21N5O/c1-2-12(1)11-23-16-9-14(3-4-15(16)10-20-23)17-21-18(24-22-17)13-5-7-19-8-6-13/h3-4,9-10,12-13,19H,1-2,5-8,11H2. The zero-order valence-corrected chi connectivity index (χ0v) is 13.6. The molecule has 1 aliphatic carbocycles. The monoisotopic (exact) mass is 323 g/mol. The van der Waals surface area contributed by atoms with Crippen LogP contribution in [0.2, 0.25) is 0 Å². The van der Waals surface area contributed by atoms with E-state index in [-0.39, 0.29) is 0 Å². The Labute approximate surface area is 140 Å². The number of hydrogen-bond acceptors (Lipinski definition) is 5. The van der Waals surface area contributed by atoms with Crippen molar-refractivity contribution in [3.05, 3.63) is 30.3 Å². The molecule has 1 saturated heterocycles. The fourth-order valence-electron chi connectivity index (χ4n) is 3.49. The second-order valence-corrected chi connectivity index (χ2v) is 7.02. The zero-order chi connectivity index (χ0) is 15.9. The van der Waals surface area contributed by atoms with Crippen LogP contribution < -0.4 is 5.32 Å². The van der Waals surface area contributed by atoms with Crippen LogP contribution in [-0.2, 0) is 6.54 Å². The number of nitrogens with zero attached hydrogens (tertiary/aromatic N) is 4. The summed E-state index contributed by atoms with van der Waals surface area (Å²) in [5, 5.41) is 13.3. The molecule has 124 valence electrons. The van der Waals surface area contributed by atoms with E-state index in [0.717, 1.165) is 55.4 Å². The topological polar surface area (TPSA) is 68.8 Å². The first-order valence-corrected chi connectivity index (χ1v) is 8.87. The van der Waals surface area contributed by atoms with E-state index in [0.29, 0.717) is 11.7 Å². The summed E-state index contributed by atoms with van der Waals surface area (Å²) in [5.74, 6) is 2.65. The van der Waals surface area contributed by atoms with E-state index in [9.17, 15) is 0 Å². The molecule has 1 N–H and O–H groups in total. The number of benzene rings is 1. The molecular weight excluding hydrogens is 302 g/mol. The van der Waals surface area contributed by atoms with Crippen LogP contribution in [0.4, 0.5) is 0 Å². The van der Waals surface area contributed by atoms with E-state index in [1.165, 1.54) is 18.2 Å². The van der Waals surface area contributed by atoms with Crippen LogP contribution in [0.15, 0.2) is 28.9 Å². The Balaban J connectivity index is 1.46. The molecule has 6 heteroatoms. The molecule has 1 saturated carbocycles. The molecule has 3 aromatic rings. The molecule has 3 heterocycles. The number of hydrogen-bond donors (Lipinski definition) is 1. The molecule has 5 rings (SSSR count). The van der Waals surface area contributed by atoms with E-state index >= 15 is 0 Å². The van der Waals surface area contributed by atoms with Crippen LogP contribution in [0.3, 0.4) is 0 Å². The lowest BCUT2D eigenvalue weighted by atomic mass is 9.98. The van der Waals surface area contributed by atoms with Gasteiger partial charge in [-0.05, 0) is 50.8 Å². The number of nitrogens with one attached hydrogen (secondary N) is 1. The molecule has 2 aliphatic rings. The Morgan fingerprint density at radius 2 is 2.04 bits per heavy atom. The second-order valence-electron chi connectivity index (χ2n) is 7.02. The van der Waals surface area contributed by atoms with Gasteiger partial charge in [-0.3, -0.25) is 4.68 Å². The minimum Gasteiger partial charge on any atom is -0.339 e. The fraction of sp³-hybridized carbons (Fsp3) is 0.500. The quantitative estimate of drug-likeness (QED) is 0.799. The molecule has 1 aliphatic heterocycles. The molecular formula is C18H21N5O. The molecule has 2 aromatic heterocycles. The van der Waals surface area contributed by atoms with Gasteiger partial charge in [0.2, 0.25) is 11.7 Å². The van der Waals surface area contributed by atoms with Gasteiger partial charge in [-0.1, -0.05) is 17.3 Å². The Kier molecular flexibility index (Phi) is 3.36. The molecule has 0 atom stereocenters. The molecule has 0 unspecified atom stereocenters. The molecule has 0 spiro atoms. The second kappa shape index (κ2) is 5.70. The smallest absolute Gasteiger partial charge is 0.230 e. The Hall–Kier alpha value is -2.21. The minimum absolute atomic E-state index is 0.386. The van der Waals surface area contributed by atoms with Crippen molar-refractivity contribution >= 4 is 10.9 Å². The van der Waals surface area contributed by atoms with E-state index < -0.39 is 0 Å². The Bertz CT molecular complexity index is 857. The van der Waals surface area contributed by atoms with Gasteiger partial charge in [0.15, 0.2) is 0 Å². The Morgan fingerprint density at radius 1 is 1.17 bits per heavy atom. The van der Waals surface area contributed by atoms with Crippen LogP contribution in [-0.4, -0.2) is 33.0 Å². The largest absolute Gasteiger partial charge is 0.339 e. The summed E-state index contributed by atoms with van der Waals surface area (Å²) < 4.78 is 7.66. The van der Waals surface area contributed by atoms with Crippen molar-refractivity contribution in [2.24, 2.45) is 5.92 Å². The highest BCUT2D eigenvalue weighted by Gasteiger charge is 2.24. The summed E-state index contributed by atoms with van der Waals surface area (Å²) >= 11 is 0. The van der Waals surface area contributed by atoms with Crippen LogP contribution in [0.1, 0.15) is 37.5 Å². The van der Waals surface area contributed by atoms with Gasteiger partial charge in [-0.15, -0.1) is 0 Å². The average molecular weight is 323 g/mol. The van der Waals surface area contributed by atoms with Gasteiger partial charge in [0.25, 0.3) is 0 Å². The first-order valence-electron chi connectivity index (χ1n) is 8.87. The van der Waals surface area contributed by atoms with Crippen LogP contribution >= 0.6 is 0 Å². The van der Waals surface area contributed by atoms with Crippen LogP contribution in [0, 0.1) is 5.92 Å². The molecule has 1 aromatic carbocycles. The third-order valence-corrected chi connectivity index (χ3v) is 5.16. The first-order chi connectivity index (χ1) is 11.9. The number of rotatable bonds is 4. The van der Waals surface area contributed by atoms with Crippen molar-refractivity contribution in [3.8, 4) is 11.4 Å². The predicted molar refractivity (Wildman–Crippen MR) is 90.6 cm³/mol. The molecule has 0 radical (unpaired) electrons. The van der Waals surface area contributed by atoms with Gasteiger partial charge in [-0.25, -0.2) is 0 Å². The van der Waals surface area contributed by atoms with E-state index in [1.54, 1.807) is 0 Å². The number of fused-ring (bicyclic) bond motifs is 1. The van der Waals surface area contributed by atoms with E-state index in [2.05, 4.69) is 43.4 Å². The van der Waals surface area contributed by atoms with Crippen molar-refractivity contribution in [3.63, 3.8) is 0 Å². The fourth-order valence-corrected chi connectivity index (χ4v) is 3.49. The molecule has 24 heavy (non-hydrogen) atoms. The van der Waals surface area contributed by atoms with Crippen molar-refractivity contribution in [1.29, 1.82) is 0 Å². The summed E-state index contributed by atoms with van der Waals surface area (Å²) in [6.07, 6.45) is 6.72. The van der Waals surface area contributed by atoms with Gasteiger partial charge in [0, 0.05) is 23.4 Å². The van der Waals surface area contributed by atoms with Crippen molar-refractivity contribution in [2.75, 3.05) is 13.1 Å². The third kappa shape index (κ3) is 2.60. The highest BCUT2D eigenvalue weighted by Crippen LogP contribution is 2.32. The third-order valence-electron chi connectivity index (χ3n) is 5.16. The molecule has 6 nitrogen and oxygen atoms in total. The maximum Gasteiger partial charge on any atom is 0.230 e. The van der Waals surface area contributed by atoms with Gasteiger partial charge in [-0.2, -0.15) is 10.1 Å². The molecule has 2 fully saturated rings. The van der Waals surface area contributed by atoms with Gasteiger partial charge >= 0.3 is 0 Å². The predicted octanol–water partition coefficient (Wildman–Crippen LogP) is 2.96. The SMILES string of the molecule is c1cc2cnn(CC3CC3)c2cc1-c1noc(C2CCNCC2)n1. The van der Waals surface area contributed by atoms with Gasteiger partial charge < -0.3 is 9.84 Å². The number of aromatic nitrogens is 4. The maximum absolute atomic E-state index is 5.55. The molecule has 0 amide bonds. The van der Waals surface area contributed by atoms with Crippen molar-refractivity contribution < 1.29 is 4.52 Å². The molecule has 0 bridgehead atoms. The summed E-state index contributed by atoms with van der Waals surface area (Å²) in [4.78, 5) is 4.66. The lowest BCUT2D eigenvalue weighted by Gasteiger charge is -2.18. The maximum atomic E-state index is 5.55. The Morgan fingerprint density at radius 3 is 2.88 bits per heavy atom. The summed E-state index contributed by atoms with van der Waals surface area (Å²) in [6.45, 7) is 3.06. The van der Waals surface area contributed by atoms with E-state index in [4.69, 9.17) is 4.52 Å². The summed E-state index contributed by atoms with van der Waals surface area (Å²) in [5.41, 5.74) is 2.16. The lowest BCUT2D eigenvalue weighted by Crippen LogP contribution is -2.26. The first kappa shape index (κ1) is 14.2. The van der Waals surface area contributed by atoms with Gasteiger partial charge in [0.05, 0.1) is 11.7 Å². The van der Waals surface area contributed by atoms with E-state index in [1.807, 2.05) is 6.20 Å². The van der Waals surface area contributed by atoms with Crippen molar-refractivity contribution in [1.82, 2.24) is 25.2 Å². The van der Waals surface area contributed by atoms with Gasteiger partial charge in [0.1, 0.15) is 0 Å². The summed E-state index contributed by atoms with van der Waals surface area (Å²) in [6, 6.07) is 6.30. The average Bonchev–Trinajstić information content (AvgIpc) is 3.16. The minimum atomic E-state index is 0.386. The zero-order valence-electron chi connectivity index (χ0n) is 13.6. The highest BCUT2D eigenvalue weighted by atomic mass is 16.5.